The van der Waals surface area contributed by atoms with Gasteiger partial charge in [-0.1, -0.05) is 48.5 Å². The van der Waals surface area contributed by atoms with E-state index < -0.39 is 0 Å². The van der Waals surface area contributed by atoms with E-state index in [4.69, 9.17) is 4.74 Å². The van der Waals surface area contributed by atoms with Crippen molar-refractivity contribution >= 4 is 0 Å². The topological polar surface area (TPSA) is 9.23 Å². The van der Waals surface area contributed by atoms with Gasteiger partial charge < -0.3 is 9.22 Å². The van der Waals surface area contributed by atoms with Gasteiger partial charge in [0.25, 0.3) is 0 Å². The largest absolute Gasteiger partial charge is 0.493 e. The van der Waals surface area contributed by atoms with Gasteiger partial charge in [0.2, 0.25) is 0 Å². The minimum absolute atomic E-state index is 0. The van der Waals surface area contributed by atoms with Gasteiger partial charge in [-0.3, -0.25) is 0 Å². The summed E-state index contributed by atoms with van der Waals surface area (Å²) in [6.45, 7) is 10.3. The molecular formula is C26H38NOY+. The summed E-state index contributed by atoms with van der Waals surface area (Å²) < 4.78 is 7.39. The van der Waals surface area contributed by atoms with Gasteiger partial charge in [-0.25, -0.2) is 0 Å². The Hall–Kier alpha value is -0.696. The van der Waals surface area contributed by atoms with E-state index >= 15 is 0 Å². The number of quaternary nitrogens is 1. The van der Waals surface area contributed by atoms with Crippen molar-refractivity contribution in [3.63, 3.8) is 0 Å². The smallest absolute Gasteiger partial charge is 0.125 e. The van der Waals surface area contributed by atoms with E-state index in [-0.39, 0.29) is 32.7 Å². The van der Waals surface area contributed by atoms with Crippen molar-refractivity contribution < 1.29 is 41.9 Å². The zero-order valence-corrected chi connectivity index (χ0v) is 21.4. The Balaban J connectivity index is 0.00000300. The van der Waals surface area contributed by atoms with Gasteiger partial charge in [-0.15, -0.1) is 0 Å². The molecule has 0 unspecified atom stereocenters. The fraction of sp³-hybridized carbons (Fsp3) is 0.538. The Morgan fingerprint density at radius 2 is 1.41 bits per heavy atom. The number of rotatable bonds is 9. The third-order valence-electron chi connectivity index (χ3n) is 6.31. The zero-order chi connectivity index (χ0) is 19.7. The summed E-state index contributed by atoms with van der Waals surface area (Å²) in [5.41, 5.74) is 4.00. The van der Waals surface area contributed by atoms with Crippen LogP contribution in [0.1, 0.15) is 61.6 Å². The van der Waals surface area contributed by atoms with Crippen molar-refractivity contribution in [2.24, 2.45) is 0 Å². The van der Waals surface area contributed by atoms with Crippen molar-refractivity contribution in [1.82, 2.24) is 0 Å². The number of nitrogens with zero attached hydrogens (tertiary/aromatic N) is 1. The van der Waals surface area contributed by atoms with Crippen molar-refractivity contribution in [3.05, 3.63) is 65.2 Å². The van der Waals surface area contributed by atoms with Crippen LogP contribution in [0.15, 0.2) is 48.5 Å². The molecular weight excluding hydrogens is 431 g/mol. The number of aryl methyl sites for hydroxylation is 2. The maximum atomic E-state index is 6.10. The monoisotopic (exact) mass is 469 g/mol. The zero-order valence-electron chi connectivity index (χ0n) is 18.5. The Morgan fingerprint density at radius 1 is 0.759 bits per heavy atom. The van der Waals surface area contributed by atoms with Crippen molar-refractivity contribution in [1.29, 1.82) is 0 Å². The standard InChI is InChI=1S/C26H38NO.Y/c1-23-14-13-15-24(2)26(23)28-21-12-6-11-20-27(18-9-3-4-10-19-27)22-25-16-7-5-8-17-25;/h5,7-8,13-17H,3-4,6,9-12,18-22H2,1-2H3;/q+1;. The summed E-state index contributed by atoms with van der Waals surface area (Å²) in [5, 5.41) is 0. The summed E-state index contributed by atoms with van der Waals surface area (Å²) in [7, 11) is 0. The first-order chi connectivity index (χ1) is 13.7. The van der Waals surface area contributed by atoms with E-state index in [1.165, 1.54) is 85.9 Å². The molecule has 0 N–H and O–H groups in total. The average Bonchev–Trinajstić information content (AvgIpc) is 2.93. The molecule has 155 valence electrons. The second-order valence-corrected chi connectivity index (χ2v) is 8.70. The Morgan fingerprint density at radius 3 is 2.07 bits per heavy atom. The van der Waals surface area contributed by atoms with E-state index in [2.05, 4.69) is 62.4 Å². The summed E-state index contributed by atoms with van der Waals surface area (Å²) in [6.07, 6.45) is 9.34. The van der Waals surface area contributed by atoms with Gasteiger partial charge in [0.1, 0.15) is 12.3 Å². The first-order valence-corrected chi connectivity index (χ1v) is 11.3. The SMILES string of the molecule is Cc1cccc(C)c1OCCCCC[N+]1(Cc2ccccc2)CCCCCC1.[Y]. The minimum Gasteiger partial charge on any atom is -0.493 e. The first-order valence-electron chi connectivity index (χ1n) is 11.3. The molecule has 1 radical (unpaired) electrons. The molecule has 3 rings (SSSR count). The average molecular weight is 470 g/mol. The van der Waals surface area contributed by atoms with Crippen molar-refractivity contribution in [2.75, 3.05) is 26.2 Å². The van der Waals surface area contributed by atoms with Crippen molar-refractivity contribution in [2.45, 2.75) is 65.3 Å². The minimum atomic E-state index is 0. The van der Waals surface area contributed by atoms with Crippen LogP contribution in [0.3, 0.4) is 0 Å². The molecule has 3 heteroatoms. The Kier molecular flexibility index (Phi) is 10.9. The Bertz CT molecular complexity index is 688. The van der Waals surface area contributed by atoms with Crippen LogP contribution < -0.4 is 4.74 Å². The summed E-state index contributed by atoms with van der Waals surface area (Å²) >= 11 is 0. The molecule has 0 saturated carbocycles. The molecule has 1 fully saturated rings. The van der Waals surface area contributed by atoms with E-state index in [1.54, 1.807) is 0 Å². The van der Waals surface area contributed by atoms with Crippen LogP contribution in [0, 0.1) is 13.8 Å². The Labute approximate surface area is 203 Å². The fourth-order valence-corrected chi connectivity index (χ4v) is 4.72. The number of para-hydroxylation sites is 1. The van der Waals surface area contributed by atoms with Crippen LogP contribution in [0.4, 0.5) is 0 Å². The van der Waals surface area contributed by atoms with Gasteiger partial charge in [0, 0.05) is 38.3 Å². The van der Waals surface area contributed by atoms with Gasteiger partial charge in [-0.2, -0.15) is 0 Å². The molecule has 2 nitrogen and oxygen atoms in total. The number of hydrogen-bond acceptors (Lipinski definition) is 1. The quantitative estimate of drug-likeness (QED) is 0.303. The maximum Gasteiger partial charge on any atom is 0.125 e. The second-order valence-electron chi connectivity index (χ2n) is 8.70. The number of ether oxygens (including phenoxy) is 1. The van der Waals surface area contributed by atoms with Crippen LogP contribution in [0.25, 0.3) is 0 Å². The molecule has 0 spiro atoms. The number of benzene rings is 2. The first kappa shape index (κ1) is 24.6. The predicted molar refractivity (Wildman–Crippen MR) is 119 cm³/mol. The normalized spacial score (nSPS) is 15.9. The maximum absolute atomic E-state index is 6.10. The molecule has 0 aromatic heterocycles. The second kappa shape index (κ2) is 12.9. The number of hydrogen-bond donors (Lipinski definition) is 0. The molecule has 2 aromatic rings. The third-order valence-corrected chi connectivity index (χ3v) is 6.31. The van der Waals surface area contributed by atoms with Crippen LogP contribution in [0.5, 0.6) is 5.75 Å². The van der Waals surface area contributed by atoms with Crippen LogP contribution in [-0.2, 0) is 39.3 Å². The van der Waals surface area contributed by atoms with Crippen LogP contribution in [-0.4, -0.2) is 30.7 Å². The number of unbranched alkanes of at least 4 members (excludes halogenated alkanes) is 2. The molecule has 2 aromatic carbocycles. The van der Waals surface area contributed by atoms with E-state index in [9.17, 15) is 0 Å². The van der Waals surface area contributed by atoms with Gasteiger partial charge >= 0.3 is 0 Å². The van der Waals surface area contributed by atoms with Gasteiger partial charge in [0.05, 0.1) is 26.2 Å². The van der Waals surface area contributed by atoms with E-state index in [0.717, 1.165) is 18.8 Å². The van der Waals surface area contributed by atoms with E-state index in [0.29, 0.717) is 0 Å². The summed E-state index contributed by atoms with van der Waals surface area (Å²) in [4.78, 5) is 0. The molecule has 1 saturated heterocycles. The molecule has 0 amide bonds. The van der Waals surface area contributed by atoms with Gasteiger partial charge in [-0.05, 0) is 69.9 Å². The van der Waals surface area contributed by atoms with Crippen LogP contribution in [0.2, 0.25) is 0 Å². The number of likely N-dealkylation sites (tertiary alicyclic amines) is 1. The third kappa shape index (κ3) is 7.81. The predicted octanol–water partition coefficient (Wildman–Crippen LogP) is 6.44. The molecule has 1 aliphatic rings. The summed E-state index contributed by atoms with van der Waals surface area (Å²) in [5.74, 6) is 1.09. The van der Waals surface area contributed by atoms with Gasteiger partial charge in [0.15, 0.2) is 0 Å². The molecule has 0 atom stereocenters. The fourth-order valence-electron chi connectivity index (χ4n) is 4.72. The molecule has 1 aliphatic heterocycles. The summed E-state index contributed by atoms with van der Waals surface area (Å²) in [6, 6.07) is 17.5. The van der Waals surface area contributed by atoms with E-state index in [1.807, 2.05) is 0 Å². The molecule has 29 heavy (non-hydrogen) atoms. The molecule has 0 bridgehead atoms. The molecule has 0 aliphatic carbocycles. The van der Waals surface area contributed by atoms with Crippen LogP contribution >= 0.6 is 0 Å². The van der Waals surface area contributed by atoms with Crippen molar-refractivity contribution in [3.8, 4) is 5.75 Å². The molecule has 1 heterocycles.